The molecule has 4 heteroatoms. The minimum absolute atomic E-state index is 0.522. The van der Waals surface area contributed by atoms with Crippen LogP contribution in [-0.2, 0) is 0 Å². The third-order valence-electron chi connectivity index (χ3n) is 2.64. The van der Waals surface area contributed by atoms with Gasteiger partial charge in [-0.2, -0.15) is 0 Å². The fourth-order valence-corrected chi connectivity index (χ4v) is 2.34. The van der Waals surface area contributed by atoms with Gasteiger partial charge in [0.1, 0.15) is 0 Å². The first-order valence-corrected chi connectivity index (χ1v) is 5.79. The Labute approximate surface area is 92.4 Å². The Hall–Kier alpha value is -0.350. The summed E-state index contributed by atoms with van der Waals surface area (Å²) in [6.07, 6.45) is 1.20. The predicted octanol–water partition coefficient (Wildman–Crippen LogP) is 0.907. The van der Waals surface area contributed by atoms with E-state index in [1.807, 2.05) is 0 Å². The van der Waals surface area contributed by atoms with Gasteiger partial charge >= 0.3 is 0 Å². The molecular formula is C10H21N3S. The monoisotopic (exact) mass is 215 g/mol. The van der Waals surface area contributed by atoms with Gasteiger partial charge in [0.2, 0.25) is 0 Å². The fourth-order valence-electron chi connectivity index (χ4n) is 1.93. The van der Waals surface area contributed by atoms with E-state index in [1.165, 1.54) is 13.0 Å². The van der Waals surface area contributed by atoms with Crippen LogP contribution in [0.4, 0.5) is 0 Å². The van der Waals surface area contributed by atoms with Gasteiger partial charge < -0.3 is 15.1 Å². The molecule has 0 aliphatic carbocycles. The molecule has 1 rings (SSSR count). The molecule has 0 aromatic carbocycles. The molecule has 0 aromatic rings. The van der Waals surface area contributed by atoms with Crippen molar-refractivity contribution in [2.75, 3.05) is 33.2 Å². The van der Waals surface area contributed by atoms with Gasteiger partial charge in [-0.25, -0.2) is 0 Å². The fraction of sp³-hybridized carbons (Fsp3) is 0.900. The summed E-state index contributed by atoms with van der Waals surface area (Å²) in [5.41, 5.74) is 0. The highest BCUT2D eigenvalue weighted by Gasteiger charge is 2.20. The second kappa shape index (κ2) is 5.51. The van der Waals surface area contributed by atoms with Gasteiger partial charge in [-0.3, -0.25) is 0 Å². The minimum atomic E-state index is 0.522. The molecule has 1 atom stereocenters. The van der Waals surface area contributed by atoms with E-state index in [9.17, 15) is 0 Å². The second-order valence-corrected chi connectivity index (χ2v) is 4.38. The summed E-state index contributed by atoms with van der Waals surface area (Å²) in [5.74, 6) is 0. The van der Waals surface area contributed by atoms with E-state index in [0.29, 0.717) is 6.04 Å². The normalized spacial score (nSPS) is 24.5. The van der Waals surface area contributed by atoms with Crippen LogP contribution in [0.5, 0.6) is 0 Å². The zero-order chi connectivity index (χ0) is 10.6. The molecule has 0 aromatic heterocycles. The molecule has 0 saturated carbocycles. The summed E-state index contributed by atoms with van der Waals surface area (Å²) in [6, 6.07) is 0.522. The van der Waals surface area contributed by atoms with Gasteiger partial charge in [-0.05, 0) is 46.1 Å². The Morgan fingerprint density at radius 2 is 2.21 bits per heavy atom. The van der Waals surface area contributed by atoms with Crippen LogP contribution in [0.2, 0.25) is 0 Å². The minimum Gasteiger partial charge on any atom is -0.363 e. The van der Waals surface area contributed by atoms with Crippen molar-refractivity contribution in [3.05, 3.63) is 0 Å². The van der Waals surface area contributed by atoms with Gasteiger partial charge in [-0.1, -0.05) is 0 Å². The second-order valence-electron chi connectivity index (χ2n) is 3.99. The maximum absolute atomic E-state index is 5.35. The standard InChI is InChI=1S/C10H21N3S/c1-4-11-10(14)13-7-5-6-12(3)8-9(13)2/h9H,4-8H2,1-3H3,(H,11,14). The Balaban J connectivity index is 2.53. The topological polar surface area (TPSA) is 18.5 Å². The van der Waals surface area contributed by atoms with Gasteiger partial charge in [0.05, 0.1) is 0 Å². The third kappa shape index (κ3) is 3.10. The molecular weight excluding hydrogens is 194 g/mol. The van der Waals surface area contributed by atoms with E-state index in [-0.39, 0.29) is 0 Å². The first kappa shape index (κ1) is 11.7. The smallest absolute Gasteiger partial charge is 0.169 e. The van der Waals surface area contributed by atoms with Crippen LogP contribution in [0.1, 0.15) is 20.3 Å². The number of nitrogens with zero attached hydrogens (tertiary/aromatic N) is 2. The van der Waals surface area contributed by atoms with Crippen LogP contribution >= 0.6 is 12.2 Å². The first-order valence-electron chi connectivity index (χ1n) is 5.38. The van der Waals surface area contributed by atoms with Gasteiger partial charge in [0.15, 0.2) is 5.11 Å². The largest absolute Gasteiger partial charge is 0.363 e. The van der Waals surface area contributed by atoms with Gasteiger partial charge in [0, 0.05) is 25.7 Å². The van der Waals surface area contributed by atoms with Crippen molar-refractivity contribution in [2.45, 2.75) is 26.3 Å². The highest BCUT2D eigenvalue weighted by molar-refractivity contribution is 7.80. The lowest BCUT2D eigenvalue weighted by molar-refractivity contribution is 0.284. The van der Waals surface area contributed by atoms with E-state index in [2.05, 4.69) is 36.0 Å². The number of hydrogen-bond acceptors (Lipinski definition) is 2. The number of nitrogens with one attached hydrogen (secondary N) is 1. The summed E-state index contributed by atoms with van der Waals surface area (Å²) in [7, 11) is 2.18. The van der Waals surface area contributed by atoms with E-state index in [0.717, 1.165) is 24.7 Å². The first-order chi connectivity index (χ1) is 6.65. The molecule has 82 valence electrons. The number of hydrogen-bond donors (Lipinski definition) is 1. The molecule has 1 heterocycles. The summed E-state index contributed by atoms with van der Waals surface area (Å²) in [5, 5.41) is 4.14. The molecule has 1 fully saturated rings. The molecule has 14 heavy (non-hydrogen) atoms. The Morgan fingerprint density at radius 1 is 1.50 bits per heavy atom. The summed E-state index contributed by atoms with van der Waals surface area (Å²) in [4.78, 5) is 4.68. The quantitative estimate of drug-likeness (QED) is 0.655. The maximum atomic E-state index is 5.35. The lowest BCUT2D eigenvalue weighted by Gasteiger charge is -2.30. The number of thiocarbonyl (C=S) groups is 1. The Bertz CT molecular complexity index is 196. The van der Waals surface area contributed by atoms with Crippen LogP contribution in [-0.4, -0.2) is 54.2 Å². The molecule has 3 nitrogen and oxygen atoms in total. The van der Waals surface area contributed by atoms with Crippen molar-refractivity contribution in [1.82, 2.24) is 15.1 Å². The third-order valence-corrected chi connectivity index (χ3v) is 3.01. The van der Waals surface area contributed by atoms with Gasteiger partial charge in [0.25, 0.3) is 0 Å². The highest BCUT2D eigenvalue weighted by atomic mass is 32.1. The van der Waals surface area contributed by atoms with Crippen molar-refractivity contribution in [2.24, 2.45) is 0 Å². The van der Waals surface area contributed by atoms with Crippen LogP contribution in [0.3, 0.4) is 0 Å². The average Bonchev–Trinajstić information content (AvgIpc) is 2.27. The van der Waals surface area contributed by atoms with Crippen molar-refractivity contribution in [1.29, 1.82) is 0 Å². The van der Waals surface area contributed by atoms with E-state index < -0.39 is 0 Å². The van der Waals surface area contributed by atoms with Gasteiger partial charge in [-0.15, -0.1) is 0 Å². The zero-order valence-corrected chi connectivity index (χ0v) is 10.2. The molecule has 1 aliphatic rings. The van der Waals surface area contributed by atoms with Crippen LogP contribution in [0.25, 0.3) is 0 Å². The Morgan fingerprint density at radius 3 is 2.86 bits per heavy atom. The highest BCUT2D eigenvalue weighted by Crippen LogP contribution is 2.08. The van der Waals surface area contributed by atoms with E-state index in [4.69, 9.17) is 12.2 Å². The number of rotatable bonds is 1. The summed E-state index contributed by atoms with van der Waals surface area (Å²) in [6.45, 7) is 8.60. The molecule has 1 aliphatic heterocycles. The lowest BCUT2D eigenvalue weighted by Crippen LogP contribution is -2.46. The molecule has 0 spiro atoms. The predicted molar refractivity (Wildman–Crippen MR) is 64.6 cm³/mol. The van der Waals surface area contributed by atoms with Crippen molar-refractivity contribution < 1.29 is 0 Å². The molecule has 1 saturated heterocycles. The molecule has 0 amide bonds. The SMILES string of the molecule is CCNC(=S)N1CCCN(C)CC1C. The van der Waals surface area contributed by atoms with Crippen molar-refractivity contribution >= 4 is 17.3 Å². The van der Waals surface area contributed by atoms with Crippen molar-refractivity contribution in [3.63, 3.8) is 0 Å². The summed E-state index contributed by atoms with van der Waals surface area (Å²) >= 11 is 5.35. The molecule has 0 radical (unpaired) electrons. The van der Waals surface area contributed by atoms with Crippen LogP contribution < -0.4 is 5.32 Å². The lowest BCUT2D eigenvalue weighted by atomic mass is 10.3. The number of likely N-dealkylation sites (N-methyl/N-ethyl adjacent to an activating group) is 1. The van der Waals surface area contributed by atoms with Crippen molar-refractivity contribution in [3.8, 4) is 0 Å². The van der Waals surface area contributed by atoms with E-state index >= 15 is 0 Å². The molecule has 1 unspecified atom stereocenters. The maximum Gasteiger partial charge on any atom is 0.169 e. The molecule has 1 N–H and O–H groups in total. The average molecular weight is 215 g/mol. The molecule has 0 bridgehead atoms. The summed E-state index contributed by atoms with van der Waals surface area (Å²) < 4.78 is 0. The van der Waals surface area contributed by atoms with Crippen LogP contribution in [0, 0.1) is 0 Å². The van der Waals surface area contributed by atoms with E-state index in [1.54, 1.807) is 0 Å². The van der Waals surface area contributed by atoms with Crippen LogP contribution in [0.15, 0.2) is 0 Å². The zero-order valence-electron chi connectivity index (χ0n) is 9.42. The Kier molecular flexibility index (Phi) is 4.62.